The molecule has 0 spiro atoms. The van der Waals surface area contributed by atoms with Crippen molar-refractivity contribution in [1.29, 1.82) is 0 Å². The van der Waals surface area contributed by atoms with Gasteiger partial charge in [0.05, 0.1) is 7.11 Å². The van der Waals surface area contributed by atoms with E-state index in [-0.39, 0.29) is 0 Å². The summed E-state index contributed by atoms with van der Waals surface area (Å²) in [6.07, 6.45) is 3.66. The fourth-order valence-corrected chi connectivity index (χ4v) is 4.52. The van der Waals surface area contributed by atoms with Crippen molar-refractivity contribution in [3.63, 3.8) is 0 Å². The zero-order valence-corrected chi connectivity index (χ0v) is 18.1. The van der Waals surface area contributed by atoms with Crippen LogP contribution in [0.1, 0.15) is 30.9 Å². The summed E-state index contributed by atoms with van der Waals surface area (Å²) in [5, 5.41) is 8.08. The van der Waals surface area contributed by atoms with Crippen molar-refractivity contribution < 1.29 is 9.37 Å². The van der Waals surface area contributed by atoms with Gasteiger partial charge in [0, 0.05) is 26.2 Å². The molecular formula is C24H32N4O2. The van der Waals surface area contributed by atoms with Gasteiger partial charge in [-0.15, -0.1) is 0 Å². The van der Waals surface area contributed by atoms with E-state index in [2.05, 4.69) is 51.3 Å². The standard InChI is InChI=1S/C24H32N4O2/c1-3-27(18-21-9-5-11-23-24(21)26-30-25-23)16-20-8-6-13-28(17-20)14-12-19-7-4-10-22(15-19)29-2/h4-5,7,9-11,15,20H,3,6,8,12-14,16-18H2,1-2H3. The number of fused-ring (bicyclic) bond motifs is 1. The molecule has 3 aromatic rings. The second-order valence-electron chi connectivity index (χ2n) is 8.29. The molecule has 0 N–H and O–H groups in total. The maximum absolute atomic E-state index is 5.36. The third-order valence-electron chi connectivity index (χ3n) is 6.18. The minimum atomic E-state index is 0.707. The van der Waals surface area contributed by atoms with E-state index in [0.29, 0.717) is 5.92 Å². The van der Waals surface area contributed by atoms with Gasteiger partial charge in [-0.05, 0) is 77.9 Å². The topological polar surface area (TPSA) is 54.6 Å². The van der Waals surface area contributed by atoms with Gasteiger partial charge >= 0.3 is 0 Å². The summed E-state index contributed by atoms with van der Waals surface area (Å²) in [5.41, 5.74) is 4.27. The molecule has 4 rings (SSSR count). The Morgan fingerprint density at radius 2 is 2.10 bits per heavy atom. The summed E-state index contributed by atoms with van der Waals surface area (Å²) in [6.45, 7) is 8.77. The number of ether oxygens (including phenoxy) is 1. The van der Waals surface area contributed by atoms with Crippen LogP contribution in [-0.4, -0.2) is 59.9 Å². The van der Waals surface area contributed by atoms with Crippen LogP contribution in [0.15, 0.2) is 47.1 Å². The van der Waals surface area contributed by atoms with E-state index in [1.165, 1.54) is 37.1 Å². The molecule has 2 aromatic carbocycles. The van der Waals surface area contributed by atoms with Gasteiger partial charge in [0.2, 0.25) is 0 Å². The molecule has 1 aromatic heterocycles. The number of piperidine rings is 1. The van der Waals surface area contributed by atoms with E-state index >= 15 is 0 Å². The third-order valence-corrected chi connectivity index (χ3v) is 6.18. The molecule has 30 heavy (non-hydrogen) atoms. The van der Waals surface area contributed by atoms with E-state index in [1.807, 2.05) is 18.2 Å². The Morgan fingerprint density at radius 3 is 2.97 bits per heavy atom. The minimum Gasteiger partial charge on any atom is -0.497 e. The average molecular weight is 409 g/mol. The molecule has 0 saturated carbocycles. The van der Waals surface area contributed by atoms with Gasteiger partial charge < -0.3 is 9.64 Å². The predicted octanol–water partition coefficient (Wildman–Crippen LogP) is 4.01. The largest absolute Gasteiger partial charge is 0.497 e. The number of aromatic nitrogens is 2. The van der Waals surface area contributed by atoms with Crippen molar-refractivity contribution in [2.24, 2.45) is 5.92 Å². The van der Waals surface area contributed by atoms with Crippen LogP contribution < -0.4 is 4.74 Å². The molecule has 160 valence electrons. The van der Waals surface area contributed by atoms with E-state index in [9.17, 15) is 0 Å². The summed E-state index contributed by atoms with van der Waals surface area (Å²) < 4.78 is 10.3. The van der Waals surface area contributed by atoms with Crippen molar-refractivity contribution in [3.05, 3.63) is 53.6 Å². The summed E-state index contributed by atoms with van der Waals surface area (Å²) in [6, 6.07) is 14.6. The van der Waals surface area contributed by atoms with E-state index in [1.54, 1.807) is 7.11 Å². The molecular weight excluding hydrogens is 376 g/mol. The SMILES string of the molecule is CCN(Cc1cccc2nonc12)CC1CCCN(CCc2cccc(OC)c2)C1. The smallest absolute Gasteiger partial charge is 0.139 e. The summed E-state index contributed by atoms with van der Waals surface area (Å²) in [7, 11) is 1.73. The Hall–Kier alpha value is -2.44. The number of hydrogen-bond donors (Lipinski definition) is 0. The Bertz CT molecular complexity index is 942. The third kappa shape index (κ3) is 5.18. The molecule has 0 amide bonds. The zero-order valence-electron chi connectivity index (χ0n) is 18.1. The zero-order chi connectivity index (χ0) is 20.8. The summed E-state index contributed by atoms with van der Waals surface area (Å²) in [5.74, 6) is 1.65. The monoisotopic (exact) mass is 408 g/mol. The van der Waals surface area contributed by atoms with E-state index in [0.717, 1.165) is 49.4 Å². The number of benzene rings is 2. The van der Waals surface area contributed by atoms with Crippen molar-refractivity contribution in [3.8, 4) is 5.75 Å². The molecule has 1 atom stereocenters. The normalized spacial score (nSPS) is 17.6. The average Bonchev–Trinajstić information content (AvgIpc) is 3.27. The van der Waals surface area contributed by atoms with Crippen LogP contribution in [-0.2, 0) is 13.0 Å². The molecule has 0 bridgehead atoms. The van der Waals surface area contributed by atoms with E-state index in [4.69, 9.17) is 9.37 Å². The van der Waals surface area contributed by atoms with Crippen LogP contribution in [0.3, 0.4) is 0 Å². The lowest BCUT2D eigenvalue weighted by atomic mass is 9.96. The fourth-order valence-electron chi connectivity index (χ4n) is 4.52. The predicted molar refractivity (Wildman–Crippen MR) is 119 cm³/mol. The Labute approximate surface area is 178 Å². The lowest BCUT2D eigenvalue weighted by Gasteiger charge is -2.35. The highest BCUT2D eigenvalue weighted by molar-refractivity contribution is 5.76. The number of rotatable bonds is 9. The van der Waals surface area contributed by atoms with Crippen LogP contribution in [0.5, 0.6) is 5.75 Å². The molecule has 1 fully saturated rings. The van der Waals surface area contributed by atoms with Crippen LogP contribution in [0, 0.1) is 5.92 Å². The number of methoxy groups -OCH3 is 1. The van der Waals surface area contributed by atoms with Crippen LogP contribution in [0.25, 0.3) is 11.0 Å². The van der Waals surface area contributed by atoms with Crippen molar-refractivity contribution in [2.45, 2.75) is 32.7 Å². The van der Waals surface area contributed by atoms with Gasteiger partial charge in [-0.2, -0.15) is 0 Å². The van der Waals surface area contributed by atoms with Crippen LogP contribution >= 0.6 is 0 Å². The van der Waals surface area contributed by atoms with E-state index < -0.39 is 0 Å². The Kier molecular flexibility index (Phi) is 6.97. The van der Waals surface area contributed by atoms with Gasteiger partial charge in [0.1, 0.15) is 16.8 Å². The molecule has 1 aliphatic heterocycles. The second-order valence-corrected chi connectivity index (χ2v) is 8.29. The van der Waals surface area contributed by atoms with Crippen molar-refractivity contribution >= 4 is 11.0 Å². The lowest BCUT2D eigenvalue weighted by molar-refractivity contribution is 0.133. The van der Waals surface area contributed by atoms with Crippen molar-refractivity contribution in [1.82, 2.24) is 20.1 Å². The second kappa shape index (κ2) is 10.0. The quantitative estimate of drug-likeness (QED) is 0.533. The molecule has 6 nitrogen and oxygen atoms in total. The number of nitrogens with zero attached hydrogens (tertiary/aromatic N) is 4. The first-order valence-corrected chi connectivity index (χ1v) is 11.0. The highest BCUT2D eigenvalue weighted by atomic mass is 16.6. The van der Waals surface area contributed by atoms with Gasteiger partial charge in [-0.1, -0.05) is 31.2 Å². The molecule has 0 radical (unpaired) electrons. The molecule has 1 aliphatic rings. The fraction of sp³-hybridized carbons (Fsp3) is 0.500. The maximum Gasteiger partial charge on any atom is 0.139 e. The minimum absolute atomic E-state index is 0.707. The van der Waals surface area contributed by atoms with Crippen LogP contribution in [0.2, 0.25) is 0 Å². The maximum atomic E-state index is 5.36. The number of likely N-dealkylation sites (tertiary alicyclic amines) is 1. The van der Waals surface area contributed by atoms with Crippen LogP contribution in [0.4, 0.5) is 0 Å². The first-order valence-electron chi connectivity index (χ1n) is 11.0. The lowest BCUT2D eigenvalue weighted by Crippen LogP contribution is -2.41. The first kappa shape index (κ1) is 20.8. The molecule has 2 heterocycles. The highest BCUT2D eigenvalue weighted by Gasteiger charge is 2.22. The summed E-state index contributed by atoms with van der Waals surface area (Å²) in [4.78, 5) is 5.16. The Balaban J connectivity index is 1.31. The van der Waals surface area contributed by atoms with Gasteiger partial charge in [-0.25, -0.2) is 4.63 Å². The van der Waals surface area contributed by atoms with Gasteiger partial charge in [0.25, 0.3) is 0 Å². The highest BCUT2D eigenvalue weighted by Crippen LogP contribution is 2.22. The van der Waals surface area contributed by atoms with Gasteiger partial charge in [-0.3, -0.25) is 4.90 Å². The molecule has 1 unspecified atom stereocenters. The first-order chi connectivity index (χ1) is 14.7. The molecule has 6 heteroatoms. The Morgan fingerprint density at radius 1 is 1.20 bits per heavy atom. The van der Waals surface area contributed by atoms with Crippen molar-refractivity contribution in [2.75, 3.05) is 39.8 Å². The number of hydrogen-bond acceptors (Lipinski definition) is 6. The molecule has 1 saturated heterocycles. The molecule has 0 aliphatic carbocycles. The van der Waals surface area contributed by atoms with Gasteiger partial charge in [0.15, 0.2) is 0 Å². The summed E-state index contributed by atoms with van der Waals surface area (Å²) >= 11 is 0.